The van der Waals surface area contributed by atoms with Crippen molar-refractivity contribution in [2.24, 2.45) is 0 Å². The van der Waals surface area contributed by atoms with E-state index in [0.717, 1.165) is 6.42 Å². The summed E-state index contributed by atoms with van der Waals surface area (Å²) in [7, 11) is 0. The molecule has 0 unspecified atom stereocenters. The van der Waals surface area contributed by atoms with E-state index in [1.807, 2.05) is 84.9 Å². The zero-order valence-electron chi connectivity index (χ0n) is 14.7. The molecule has 0 aliphatic carbocycles. The SMILES string of the molecule is O=C(NCCc1ccccc1)n1c(Oc2ccccc2)nc2ccccc21. The second-order valence-electron chi connectivity index (χ2n) is 6.10. The summed E-state index contributed by atoms with van der Waals surface area (Å²) in [5.74, 6) is 0.631. The van der Waals surface area contributed by atoms with Crippen LogP contribution < -0.4 is 10.1 Å². The van der Waals surface area contributed by atoms with Crippen LogP contribution in [-0.2, 0) is 6.42 Å². The number of rotatable bonds is 5. The van der Waals surface area contributed by atoms with Crippen molar-refractivity contribution >= 4 is 17.1 Å². The molecule has 3 aromatic carbocycles. The van der Waals surface area contributed by atoms with Gasteiger partial charge in [-0.3, -0.25) is 0 Å². The maximum atomic E-state index is 12.9. The van der Waals surface area contributed by atoms with Crippen molar-refractivity contribution in [1.82, 2.24) is 14.9 Å². The van der Waals surface area contributed by atoms with Gasteiger partial charge in [0, 0.05) is 6.54 Å². The molecule has 0 aliphatic rings. The Labute approximate surface area is 157 Å². The average Bonchev–Trinajstić information content (AvgIpc) is 3.07. The van der Waals surface area contributed by atoms with Crippen LogP contribution in [0.2, 0.25) is 0 Å². The molecule has 0 saturated heterocycles. The number of carbonyl (C=O) groups is 1. The first-order chi connectivity index (χ1) is 13.3. The summed E-state index contributed by atoms with van der Waals surface area (Å²) >= 11 is 0. The number of benzene rings is 3. The van der Waals surface area contributed by atoms with E-state index in [4.69, 9.17) is 4.74 Å². The van der Waals surface area contributed by atoms with Crippen LogP contribution in [0, 0.1) is 0 Å². The van der Waals surface area contributed by atoms with E-state index in [1.165, 1.54) is 10.1 Å². The first kappa shape index (κ1) is 16.8. The van der Waals surface area contributed by atoms with Crippen LogP contribution in [-0.4, -0.2) is 22.1 Å². The number of amides is 1. The van der Waals surface area contributed by atoms with Crippen molar-refractivity contribution in [2.75, 3.05) is 6.54 Å². The third-order valence-electron chi connectivity index (χ3n) is 4.22. The van der Waals surface area contributed by atoms with E-state index < -0.39 is 0 Å². The van der Waals surface area contributed by atoms with Crippen LogP contribution in [0.5, 0.6) is 11.8 Å². The highest BCUT2D eigenvalue weighted by molar-refractivity contribution is 5.91. The van der Waals surface area contributed by atoms with Gasteiger partial charge in [-0.2, -0.15) is 4.98 Å². The summed E-state index contributed by atoms with van der Waals surface area (Å²) in [4.78, 5) is 17.3. The van der Waals surface area contributed by atoms with Gasteiger partial charge in [0.15, 0.2) is 0 Å². The molecule has 134 valence electrons. The van der Waals surface area contributed by atoms with Gasteiger partial charge in [-0.25, -0.2) is 9.36 Å². The molecular weight excluding hydrogens is 338 g/mol. The Morgan fingerprint density at radius 1 is 0.889 bits per heavy atom. The molecule has 4 aromatic rings. The molecule has 1 heterocycles. The Morgan fingerprint density at radius 2 is 1.56 bits per heavy atom. The number of hydrogen-bond acceptors (Lipinski definition) is 3. The third-order valence-corrected chi connectivity index (χ3v) is 4.22. The molecule has 0 bridgehead atoms. The predicted molar refractivity (Wildman–Crippen MR) is 105 cm³/mol. The van der Waals surface area contributed by atoms with Crippen molar-refractivity contribution in [1.29, 1.82) is 0 Å². The molecule has 1 N–H and O–H groups in total. The average molecular weight is 357 g/mol. The molecular formula is C22H19N3O2. The number of aromatic nitrogens is 2. The lowest BCUT2D eigenvalue weighted by atomic mass is 10.1. The largest absolute Gasteiger partial charge is 0.425 e. The highest BCUT2D eigenvalue weighted by Gasteiger charge is 2.18. The first-order valence-electron chi connectivity index (χ1n) is 8.84. The third kappa shape index (κ3) is 3.82. The van der Waals surface area contributed by atoms with Crippen LogP contribution in [0.15, 0.2) is 84.9 Å². The van der Waals surface area contributed by atoms with Crippen LogP contribution in [0.4, 0.5) is 4.79 Å². The number of carbonyl (C=O) groups excluding carboxylic acids is 1. The molecule has 4 rings (SSSR count). The molecule has 0 saturated carbocycles. The molecule has 5 nitrogen and oxygen atoms in total. The monoisotopic (exact) mass is 357 g/mol. The van der Waals surface area contributed by atoms with Gasteiger partial charge in [0.25, 0.3) is 0 Å². The Hall–Kier alpha value is -3.60. The van der Waals surface area contributed by atoms with Crippen LogP contribution in [0.25, 0.3) is 11.0 Å². The van der Waals surface area contributed by atoms with Crippen LogP contribution in [0.3, 0.4) is 0 Å². The fourth-order valence-electron chi connectivity index (χ4n) is 2.90. The molecule has 27 heavy (non-hydrogen) atoms. The smallest absolute Gasteiger partial charge is 0.330 e. The zero-order valence-corrected chi connectivity index (χ0v) is 14.7. The standard InChI is InChI=1S/C22H19N3O2/c26-21(23-16-15-17-9-3-1-4-10-17)25-20-14-8-7-13-19(20)24-22(25)27-18-11-5-2-6-12-18/h1-14H,15-16H2,(H,23,26). The topological polar surface area (TPSA) is 56.2 Å². The molecule has 0 aliphatic heterocycles. The minimum Gasteiger partial charge on any atom is -0.425 e. The summed E-state index contributed by atoms with van der Waals surface area (Å²) < 4.78 is 7.35. The Kier molecular flexibility index (Phi) is 4.83. The molecule has 0 radical (unpaired) electrons. The number of fused-ring (bicyclic) bond motifs is 1. The number of nitrogens with one attached hydrogen (secondary N) is 1. The van der Waals surface area contributed by atoms with Gasteiger partial charge in [-0.1, -0.05) is 60.7 Å². The fourth-order valence-corrected chi connectivity index (χ4v) is 2.90. The van der Waals surface area contributed by atoms with Crippen LogP contribution >= 0.6 is 0 Å². The van der Waals surface area contributed by atoms with E-state index in [9.17, 15) is 4.79 Å². The van der Waals surface area contributed by atoms with Gasteiger partial charge >= 0.3 is 12.0 Å². The fraction of sp³-hybridized carbons (Fsp3) is 0.0909. The quantitative estimate of drug-likeness (QED) is 0.567. The van der Waals surface area contributed by atoms with Gasteiger partial charge in [0.05, 0.1) is 11.0 Å². The molecule has 0 spiro atoms. The minimum atomic E-state index is -0.259. The first-order valence-corrected chi connectivity index (χ1v) is 8.84. The van der Waals surface area contributed by atoms with Crippen molar-refractivity contribution < 1.29 is 9.53 Å². The lowest BCUT2D eigenvalue weighted by Gasteiger charge is -2.10. The zero-order chi connectivity index (χ0) is 18.5. The van der Waals surface area contributed by atoms with E-state index in [1.54, 1.807) is 0 Å². The summed E-state index contributed by atoms with van der Waals surface area (Å²) in [6.07, 6.45) is 0.758. The van der Waals surface area contributed by atoms with Gasteiger partial charge < -0.3 is 10.1 Å². The maximum absolute atomic E-state index is 12.9. The molecule has 1 aromatic heterocycles. The summed E-state index contributed by atoms with van der Waals surface area (Å²) in [5, 5.41) is 2.96. The second-order valence-corrected chi connectivity index (χ2v) is 6.10. The Morgan fingerprint density at radius 3 is 2.33 bits per heavy atom. The highest BCUT2D eigenvalue weighted by atomic mass is 16.5. The van der Waals surface area contributed by atoms with Gasteiger partial charge in [-0.05, 0) is 36.2 Å². The number of hydrogen-bond donors (Lipinski definition) is 1. The molecule has 0 fully saturated rings. The van der Waals surface area contributed by atoms with E-state index >= 15 is 0 Å². The lowest BCUT2D eigenvalue weighted by molar-refractivity contribution is 0.240. The van der Waals surface area contributed by atoms with Gasteiger partial charge in [-0.15, -0.1) is 0 Å². The molecule has 5 heteroatoms. The van der Waals surface area contributed by atoms with Crippen molar-refractivity contribution in [3.05, 3.63) is 90.5 Å². The Bertz CT molecular complexity index is 1040. The second kappa shape index (κ2) is 7.74. The Balaban J connectivity index is 1.57. The molecule has 0 atom stereocenters. The highest BCUT2D eigenvalue weighted by Crippen LogP contribution is 2.25. The van der Waals surface area contributed by atoms with Gasteiger partial charge in [0.1, 0.15) is 5.75 Å². The van der Waals surface area contributed by atoms with E-state index in [-0.39, 0.29) is 12.0 Å². The normalized spacial score (nSPS) is 10.7. The van der Waals surface area contributed by atoms with E-state index in [2.05, 4.69) is 10.3 Å². The predicted octanol–water partition coefficient (Wildman–Crippen LogP) is 4.63. The van der Waals surface area contributed by atoms with Crippen molar-refractivity contribution in [3.8, 4) is 11.8 Å². The minimum absolute atomic E-state index is 0.250. The number of imidazole rings is 1. The summed E-state index contributed by atoms with van der Waals surface area (Å²) in [5.41, 5.74) is 2.59. The molecule has 1 amide bonds. The van der Waals surface area contributed by atoms with Crippen LogP contribution in [0.1, 0.15) is 5.56 Å². The number of nitrogens with zero attached hydrogens (tertiary/aromatic N) is 2. The summed E-state index contributed by atoms with van der Waals surface area (Å²) in [6.45, 7) is 0.528. The number of ether oxygens (including phenoxy) is 1. The summed E-state index contributed by atoms with van der Waals surface area (Å²) in [6, 6.07) is 26.9. The number of para-hydroxylation sites is 3. The van der Waals surface area contributed by atoms with Gasteiger partial charge in [0.2, 0.25) is 0 Å². The maximum Gasteiger partial charge on any atom is 0.330 e. The van der Waals surface area contributed by atoms with E-state index in [0.29, 0.717) is 23.3 Å². The lowest BCUT2D eigenvalue weighted by Crippen LogP contribution is -2.30. The van der Waals surface area contributed by atoms with Crippen molar-refractivity contribution in [3.63, 3.8) is 0 Å². The van der Waals surface area contributed by atoms with Crippen molar-refractivity contribution in [2.45, 2.75) is 6.42 Å².